The summed E-state index contributed by atoms with van der Waals surface area (Å²) in [5, 5.41) is 9.05. The molecule has 0 rings (SSSR count). The van der Waals surface area contributed by atoms with Crippen molar-refractivity contribution in [3.8, 4) is 0 Å². The van der Waals surface area contributed by atoms with Gasteiger partial charge in [0.15, 0.2) is 0 Å². The Labute approximate surface area is 79.7 Å². The minimum absolute atomic E-state index is 0.0947. The molecule has 2 atom stereocenters. The number of hydrogen-bond donors (Lipinski definition) is 2. The molecule has 0 spiro atoms. The van der Waals surface area contributed by atoms with Gasteiger partial charge in [0, 0.05) is 13.6 Å². The van der Waals surface area contributed by atoms with Crippen LogP contribution in [0, 0.1) is 0 Å². The lowest BCUT2D eigenvalue weighted by molar-refractivity contribution is -0.132. The van der Waals surface area contributed by atoms with Gasteiger partial charge in [0.05, 0.1) is 12.1 Å². The van der Waals surface area contributed by atoms with Crippen LogP contribution >= 0.6 is 0 Å². The molecule has 1 amide bonds. The quantitative estimate of drug-likeness (QED) is 0.636. The first-order valence-corrected chi connectivity index (χ1v) is 4.67. The maximum atomic E-state index is 11.5. The molecule has 0 radical (unpaired) electrons. The third kappa shape index (κ3) is 4.85. The van der Waals surface area contributed by atoms with E-state index in [-0.39, 0.29) is 5.91 Å². The summed E-state index contributed by atoms with van der Waals surface area (Å²) in [6.45, 7) is 3.98. The molecule has 0 aliphatic carbocycles. The van der Waals surface area contributed by atoms with Gasteiger partial charge < -0.3 is 15.7 Å². The van der Waals surface area contributed by atoms with Crippen LogP contribution in [0.3, 0.4) is 0 Å². The lowest BCUT2D eigenvalue weighted by Crippen LogP contribution is -2.44. The molecular weight excluding hydrogens is 168 g/mol. The summed E-state index contributed by atoms with van der Waals surface area (Å²) in [4.78, 5) is 12.9. The minimum Gasteiger partial charge on any atom is -0.392 e. The van der Waals surface area contributed by atoms with Gasteiger partial charge in [-0.05, 0) is 13.3 Å². The van der Waals surface area contributed by atoms with Crippen molar-refractivity contribution in [1.82, 2.24) is 4.90 Å². The highest BCUT2D eigenvalue weighted by Gasteiger charge is 2.17. The van der Waals surface area contributed by atoms with Crippen molar-refractivity contribution in [3.05, 3.63) is 0 Å². The first-order chi connectivity index (χ1) is 5.99. The van der Waals surface area contributed by atoms with Crippen LogP contribution in [-0.2, 0) is 4.79 Å². The van der Waals surface area contributed by atoms with Crippen LogP contribution in [0.5, 0.6) is 0 Å². The Hall–Kier alpha value is -0.610. The van der Waals surface area contributed by atoms with Gasteiger partial charge >= 0.3 is 0 Å². The number of likely N-dealkylation sites (N-methyl/N-ethyl adjacent to an activating group) is 1. The molecular formula is C9H20N2O2. The molecule has 0 aromatic carbocycles. The van der Waals surface area contributed by atoms with Gasteiger partial charge in [-0.2, -0.15) is 0 Å². The van der Waals surface area contributed by atoms with E-state index in [9.17, 15) is 4.79 Å². The summed E-state index contributed by atoms with van der Waals surface area (Å²) < 4.78 is 0. The van der Waals surface area contributed by atoms with Crippen molar-refractivity contribution in [2.24, 2.45) is 5.73 Å². The molecule has 1 unspecified atom stereocenters. The van der Waals surface area contributed by atoms with E-state index in [0.717, 1.165) is 6.42 Å². The number of aliphatic hydroxyl groups excluding tert-OH is 1. The molecule has 0 heterocycles. The number of carbonyl (C=O) groups is 1. The van der Waals surface area contributed by atoms with Gasteiger partial charge in [-0.25, -0.2) is 0 Å². The van der Waals surface area contributed by atoms with E-state index in [1.54, 1.807) is 14.0 Å². The van der Waals surface area contributed by atoms with Crippen LogP contribution in [0.15, 0.2) is 0 Å². The lowest BCUT2D eigenvalue weighted by atomic mass is 10.1. The predicted molar refractivity (Wildman–Crippen MR) is 52.2 cm³/mol. The summed E-state index contributed by atoms with van der Waals surface area (Å²) in [6.07, 6.45) is 1.10. The van der Waals surface area contributed by atoms with Crippen LogP contribution in [0.1, 0.15) is 26.7 Å². The summed E-state index contributed by atoms with van der Waals surface area (Å²) in [5.41, 5.74) is 5.63. The van der Waals surface area contributed by atoms with Gasteiger partial charge in [-0.15, -0.1) is 0 Å². The van der Waals surface area contributed by atoms with Crippen molar-refractivity contribution in [2.45, 2.75) is 38.8 Å². The molecule has 78 valence electrons. The second-order valence-electron chi connectivity index (χ2n) is 3.46. The van der Waals surface area contributed by atoms with E-state index in [0.29, 0.717) is 13.0 Å². The van der Waals surface area contributed by atoms with Crippen LogP contribution in [0.2, 0.25) is 0 Å². The van der Waals surface area contributed by atoms with Crippen LogP contribution in [-0.4, -0.2) is 41.7 Å². The number of nitrogens with two attached hydrogens (primary N) is 1. The molecule has 0 aromatic heterocycles. The molecule has 0 bridgehead atoms. The second-order valence-corrected chi connectivity index (χ2v) is 3.46. The number of nitrogens with zero attached hydrogens (tertiary/aromatic N) is 1. The Morgan fingerprint density at radius 2 is 2.15 bits per heavy atom. The SMILES string of the molecule is CCC[C@H](N)C(=O)N(C)CC(C)O. The normalized spacial score (nSPS) is 15.2. The molecule has 0 aromatic rings. The standard InChI is InChI=1S/C9H20N2O2/c1-4-5-8(10)9(13)11(3)6-7(2)12/h7-8,12H,4-6,10H2,1-3H3/t7?,8-/m0/s1. The topological polar surface area (TPSA) is 66.6 Å². The summed E-state index contributed by atoms with van der Waals surface area (Å²) in [5.74, 6) is -0.0947. The largest absolute Gasteiger partial charge is 0.392 e. The van der Waals surface area contributed by atoms with E-state index in [2.05, 4.69) is 0 Å². The van der Waals surface area contributed by atoms with E-state index in [4.69, 9.17) is 10.8 Å². The first kappa shape index (κ1) is 12.4. The van der Waals surface area contributed by atoms with Crippen molar-refractivity contribution in [3.63, 3.8) is 0 Å². The average molecular weight is 188 g/mol. The Balaban J connectivity index is 3.94. The molecule has 0 aliphatic heterocycles. The zero-order valence-corrected chi connectivity index (χ0v) is 8.66. The third-order valence-corrected chi connectivity index (χ3v) is 1.83. The van der Waals surface area contributed by atoms with Crippen molar-refractivity contribution in [2.75, 3.05) is 13.6 Å². The van der Waals surface area contributed by atoms with Crippen molar-refractivity contribution < 1.29 is 9.90 Å². The van der Waals surface area contributed by atoms with Crippen LogP contribution < -0.4 is 5.73 Å². The maximum absolute atomic E-state index is 11.5. The molecule has 4 nitrogen and oxygen atoms in total. The summed E-state index contributed by atoms with van der Waals surface area (Å²) >= 11 is 0. The second kappa shape index (κ2) is 5.94. The molecule has 0 aliphatic rings. The summed E-state index contributed by atoms with van der Waals surface area (Å²) in [7, 11) is 1.66. The fourth-order valence-electron chi connectivity index (χ4n) is 1.20. The van der Waals surface area contributed by atoms with Gasteiger partial charge in [0.1, 0.15) is 0 Å². The smallest absolute Gasteiger partial charge is 0.239 e. The summed E-state index contributed by atoms with van der Waals surface area (Å²) in [6, 6.07) is -0.422. The van der Waals surface area contributed by atoms with Crippen molar-refractivity contribution >= 4 is 5.91 Å². The molecule has 0 saturated heterocycles. The number of aliphatic hydroxyl groups is 1. The van der Waals surface area contributed by atoms with Gasteiger partial charge in [0.25, 0.3) is 0 Å². The van der Waals surface area contributed by atoms with Gasteiger partial charge in [-0.1, -0.05) is 13.3 Å². The maximum Gasteiger partial charge on any atom is 0.239 e. The lowest BCUT2D eigenvalue weighted by Gasteiger charge is -2.22. The van der Waals surface area contributed by atoms with E-state index in [1.165, 1.54) is 4.90 Å². The number of amides is 1. The van der Waals surface area contributed by atoms with Crippen LogP contribution in [0.25, 0.3) is 0 Å². The minimum atomic E-state index is -0.497. The number of hydrogen-bond acceptors (Lipinski definition) is 3. The monoisotopic (exact) mass is 188 g/mol. The van der Waals surface area contributed by atoms with E-state index in [1.807, 2.05) is 6.92 Å². The zero-order valence-electron chi connectivity index (χ0n) is 8.66. The highest BCUT2D eigenvalue weighted by Crippen LogP contribution is 1.99. The number of rotatable bonds is 5. The molecule has 0 saturated carbocycles. The molecule has 4 heteroatoms. The Bertz CT molecular complexity index is 160. The fraction of sp³-hybridized carbons (Fsp3) is 0.889. The molecule has 0 fully saturated rings. The molecule has 13 heavy (non-hydrogen) atoms. The Kier molecular flexibility index (Phi) is 5.66. The zero-order chi connectivity index (χ0) is 10.4. The predicted octanol–water partition coefficient (Wildman–Crippen LogP) is -0.0470. The third-order valence-electron chi connectivity index (χ3n) is 1.83. The van der Waals surface area contributed by atoms with E-state index >= 15 is 0 Å². The first-order valence-electron chi connectivity index (χ1n) is 4.67. The van der Waals surface area contributed by atoms with Gasteiger partial charge in [0.2, 0.25) is 5.91 Å². The van der Waals surface area contributed by atoms with Crippen LogP contribution in [0.4, 0.5) is 0 Å². The van der Waals surface area contributed by atoms with E-state index < -0.39 is 12.1 Å². The van der Waals surface area contributed by atoms with Crippen molar-refractivity contribution in [1.29, 1.82) is 0 Å². The Morgan fingerprint density at radius 3 is 2.54 bits per heavy atom. The van der Waals surface area contributed by atoms with Gasteiger partial charge in [-0.3, -0.25) is 4.79 Å². The fourth-order valence-corrected chi connectivity index (χ4v) is 1.20. The number of carbonyl (C=O) groups excluding carboxylic acids is 1. The molecule has 3 N–H and O–H groups in total. The highest BCUT2D eigenvalue weighted by molar-refractivity contribution is 5.81. The highest BCUT2D eigenvalue weighted by atomic mass is 16.3. The Morgan fingerprint density at radius 1 is 1.62 bits per heavy atom. The average Bonchev–Trinajstić information content (AvgIpc) is 2.02.